The van der Waals surface area contributed by atoms with Gasteiger partial charge in [0.05, 0.1) is 31.7 Å². The molecule has 22 heavy (non-hydrogen) atoms. The molecule has 1 aromatic heterocycles. The van der Waals surface area contributed by atoms with Gasteiger partial charge in [-0.2, -0.15) is 0 Å². The summed E-state index contributed by atoms with van der Waals surface area (Å²) >= 11 is 0. The molecule has 1 amide bonds. The van der Waals surface area contributed by atoms with Gasteiger partial charge in [-0.3, -0.25) is 9.78 Å². The van der Waals surface area contributed by atoms with Crippen LogP contribution < -0.4 is 10.2 Å². The van der Waals surface area contributed by atoms with E-state index in [1.54, 1.807) is 0 Å². The lowest BCUT2D eigenvalue weighted by Crippen LogP contribution is -3.05. The van der Waals surface area contributed by atoms with Gasteiger partial charge >= 0.3 is 0 Å². The smallest absolute Gasteiger partial charge is 0.252 e. The maximum absolute atomic E-state index is 12.7. The number of nitrogens with one attached hydrogen (secondary N) is 2. The molecular formula is C18H24N3O+. The molecule has 0 saturated heterocycles. The van der Waals surface area contributed by atoms with Gasteiger partial charge in [0.25, 0.3) is 5.91 Å². The summed E-state index contributed by atoms with van der Waals surface area (Å²) in [6.45, 7) is 1.80. The summed E-state index contributed by atoms with van der Waals surface area (Å²) in [4.78, 5) is 18.9. The van der Waals surface area contributed by atoms with Crippen molar-refractivity contribution in [3.05, 3.63) is 41.1 Å². The molecule has 1 heterocycles. The Morgan fingerprint density at radius 1 is 1.27 bits per heavy atom. The predicted molar refractivity (Wildman–Crippen MR) is 88.4 cm³/mol. The molecule has 0 spiro atoms. The highest BCUT2D eigenvalue weighted by molar-refractivity contribution is 6.07. The zero-order valence-corrected chi connectivity index (χ0v) is 13.4. The van der Waals surface area contributed by atoms with Crippen LogP contribution in [0.3, 0.4) is 0 Å². The third-order valence-electron chi connectivity index (χ3n) is 4.29. The summed E-state index contributed by atoms with van der Waals surface area (Å²) in [6.07, 6.45) is 4.06. The minimum Gasteiger partial charge on any atom is -0.352 e. The Bertz CT molecular complexity index is 694. The van der Waals surface area contributed by atoms with Crippen LogP contribution in [0.4, 0.5) is 0 Å². The molecule has 0 saturated carbocycles. The number of hydrogen-bond acceptors (Lipinski definition) is 2. The number of rotatable bonds is 5. The third-order valence-corrected chi connectivity index (χ3v) is 4.29. The maximum Gasteiger partial charge on any atom is 0.252 e. The Morgan fingerprint density at radius 2 is 2.09 bits per heavy atom. The number of fused-ring (bicyclic) bond motifs is 2. The first-order valence-electron chi connectivity index (χ1n) is 8.14. The fourth-order valence-corrected chi connectivity index (χ4v) is 3.20. The molecule has 2 aromatic rings. The summed E-state index contributed by atoms with van der Waals surface area (Å²) in [5.74, 6) is 0.0607. The Hall–Kier alpha value is -1.94. The van der Waals surface area contributed by atoms with E-state index in [1.165, 1.54) is 4.90 Å². The van der Waals surface area contributed by atoms with Crippen LogP contribution in [0.25, 0.3) is 10.9 Å². The van der Waals surface area contributed by atoms with E-state index in [-0.39, 0.29) is 5.91 Å². The van der Waals surface area contributed by atoms with Crippen LogP contribution in [-0.4, -0.2) is 38.1 Å². The number of aromatic nitrogens is 1. The summed E-state index contributed by atoms with van der Waals surface area (Å²) < 4.78 is 0. The molecule has 0 fully saturated rings. The number of para-hydroxylation sites is 1. The number of nitrogens with zero attached hydrogens (tertiary/aromatic N) is 1. The van der Waals surface area contributed by atoms with E-state index < -0.39 is 0 Å². The molecule has 1 aliphatic carbocycles. The molecule has 116 valence electrons. The monoisotopic (exact) mass is 298 g/mol. The zero-order chi connectivity index (χ0) is 15.5. The Labute approximate surface area is 131 Å². The number of pyridine rings is 1. The van der Waals surface area contributed by atoms with Crippen molar-refractivity contribution in [1.29, 1.82) is 0 Å². The third kappa shape index (κ3) is 2.97. The quantitative estimate of drug-likeness (QED) is 0.809. The molecule has 0 atom stereocenters. The Balaban J connectivity index is 1.87. The summed E-state index contributed by atoms with van der Waals surface area (Å²) in [5, 5.41) is 4.08. The highest BCUT2D eigenvalue weighted by Gasteiger charge is 2.23. The van der Waals surface area contributed by atoms with E-state index in [2.05, 4.69) is 19.4 Å². The minimum absolute atomic E-state index is 0.0607. The number of carbonyl (C=O) groups is 1. The second-order valence-corrected chi connectivity index (χ2v) is 6.35. The first kappa shape index (κ1) is 15.0. The number of amides is 1. The standard InChI is InChI=1S/C18H23N3O/c1-21(2)12-6-11-19-18(22)17-13-7-3-4-9-15(13)20-16-10-5-8-14(16)17/h3-4,7,9H,5-6,8,10-12H2,1-2H3,(H,19,22)/p+1. The normalized spacial score (nSPS) is 13.6. The molecule has 1 aliphatic rings. The van der Waals surface area contributed by atoms with E-state index in [0.29, 0.717) is 0 Å². The second-order valence-electron chi connectivity index (χ2n) is 6.35. The fraction of sp³-hybridized carbons (Fsp3) is 0.444. The highest BCUT2D eigenvalue weighted by atomic mass is 16.1. The van der Waals surface area contributed by atoms with Crippen LogP contribution in [-0.2, 0) is 12.8 Å². The van der Waals surface area contributed by atoms with Gasteiger partial charge in [0.15, 0.2) is 0 Å². The lowest BCUT2D eigenvalue weighted by molar-refractivity contribution is -0.858. The van der Waals surface area contributed by atoms with Crippen LogP contribution in [0.1, 0.15) is 34.5 Å². The van der Waals surface area contributed by atoms with Crippen molar-refractivity contribution in [2.45, 2.75) is 25.7 Å². The molecular weight excluding hydrogens is 274 g/mol. The lowest BCUT2D eigenvalue weighted by atomic mass is 10.0. The summed E-state index contributed by atoms with van der Waals surface area (Å²) in [5.41, 5.74) is 4.07. The predicted octanol–water partition coefficient (Wildman–Crippen LogP) is 0.988. The SMILES string of the molecule is C[NH+](C)CCCNC(=O)c1c2c(nc3ccccc13)CCC2. The molecule has 4 heteroatoms. The average molecular weight is 298 g/mol. The fourth-order valence-electron chi connectivity index (χ4n) is 3.20. The number of benzene rings is 1. The maximum atomic E-state index is 12.7. The van der Waals surface area contributed by atoms with Crippen molar-refractivity contribution in [2.24, 2.45) is 0 Å². The van der Waals surface area contributed by atoms with Gasteiger partial charge in [-0.15, -0.1) is 0 Å². The van der Waals surface area contributed by atoms with Gasteiger partial charge in [-0.25, -0.2) is 0 Å². The van der Waals surface area contributed by atoms with Crippen LogP contribution in [0.2, 0.25) is 0 Å². The van der Waals surface area contributed by atoms with Crippen molar-refractivity contribution in [1.82, 2.24) is 10.3 Å². The Morgan fingerprint density at radius 3 is 2.91 bits per heavy atom. The van der Waals surface area contributed by atoms with Crippen molar-refractivity contribution < 1.29 is 9.69 Å². The van der Waals surface area contributed by atoms with Gasteiger partial charge in [-0.1, -0.05) is 18.2 Å². The topological polar surface area (TPSA) is 46.4 Å². The molecule has 0 aliphatic heterocycles. The highest BCUT2D eigenvalue weighted by Crippen LogP contribution is 2.29. The molecule has 0 bridgehead atoms. The molecule has 1 aromatic carbocycles. The number of aryl methyl sites for hydroxylation is 1. The van der Waals surface area contributed by atoms with Gasteiger partial charge in [0.2, 0.25) is 0 Å². The van der Waals surface area contributed by atoms with E-state index in [1.807, 2.05) is 24.3 Å². The second kappa shape index (κ2) is 6.44. The van der Waals surface area contributed by atoms with Gasteiger partial charge in [0.1, 0.15) is 0 Å². The van der Waals surface area contributed by atoms with Crippen molar-refractivity contribution >= 4 is 16.8 Å². The van der Waals surface area contributed by atoms with Crippen LogP contribution >= 0.6 is 0 Å². The van der Waals surface area contributed by atoms with Gasteiger partial charge in [0, 0.05) is 24.0 Å². The molecule has 0 radical (unpaired) electrons. The number of carbonyl (C=O) groups excluding carboxylic acids is 1. The van der Waals surface area contributed by atoms with Gasteiger partial charge in [-0.05, 0) is 30.9 Å². The largest absolute Gasteiger partial charge is 0.352 e. The first-order valence-corrected chi connectivity index (χ1v) is 8.14. The minimum atomic E-state index is 0.0607. The zero-order valence-electron chi connectivity index (χ0n) is 13.4. The molecule has 3 rings (SSSR count). The van der Waals surface area contributed by atoms with E-state index in [0.717, 1.165) is 66.5 Å². The van der Waals surface area contributed by atoms with E-state index in [9.17, 15) is 4.79 Å². The van der Waals surface area contributed by atoms with Crippen LogP contribution in [0.5, 0.6) is 0 Å². The number of hydrogen-bond donors (Lipinski definition) is 2. The Kier molecular flexibility index (Phi) is 4.39. The molecule has 0 unspecified atom stereocenters. The van der Waals surface area contributed by atoms with Crippen LogP contribution in [0.15, 0.2) is 24.3 Å². The first-order chi connectivity index (χ1) is 10.7. The average Bonchev–Trinajstić information content (AvgIpc) is 2.96. The van der Waals surface area contributed by atoms with Crippen molar-refractivity contribution in [3.8, 4) is 0 Å². The van der Waals surface area contributed by atoms with Crippen molar-refractivity contribution in [3.63, 3.8) is 0 Å². The van der Waals surface area contributed by atoms with Gasteiger partial charge < -0.3 is 10.2 Å². The van der Waals surface area contributed by atoms with Crippen molar-refractivity contribution in [2.75, 3.05) is 27.2 Å². The van der Waals surface area contributed by atoms with E-state index in [4.69, 9.17) is 4.98 Å². The molecule has 2 N–H and O–H groups in total. The number of quaternary nitrogens is 1. The summed E-state index contributed by atoms with van der Waals surface area (Å²) in [7, 11) is 4.26. The molecule has 4 nitrogen and oxygen atoms in total. The summed E-state index contributed by atoms with van der Waals surface area (Å²) in [6, 6.07) is 7.98. The van der Waals surface area contributed by atoms with E-state index >= 15 is 0 Å². The lowest BCUT2D eigenvalue weighted by Gasteiger charge is -2.13. The van der Waals surface area contributed by atoms with Crippen LogP contribution in [0, 0.1) is 0 Å².